The van der Waals surface area contributed by atoms with Crippen LogP contribution in [0.15, 0.2) is 103 Å². The summed E-state index contributed by atoms with van der Waals surface area (Å²) >= 11 is 0. The number of fused-ring (bicyclic) bond motifs is 2. The summed E-state index contributed by atoms with van der Waals surface area (Å²) in [7, 11) is 0. The number of carbonyl (C=O) groups is 1. The summed E-state index contributed by atoms with van der Waals surface area (Å²) in [5.74, 6) is -0.172. The smallest absolute Gasteiger partial charge is 0.311 e. The molecule has 0 radical (unpaired) electrons. The summed E-state index contributed by atoms with van der Waals surface area (Å²) in [5.41, 5.74) is 6.78. The van der Waals surface area contributed by atoms with E-state index in [9.17, 15) is 9.18 Å². The fourth-order valence-electron chi connectivity index (χ4n) is 4.95. The zero-order valence-electron chi connectivity index (χ0n) is 21.5. The van der Waals surface area contributed by atoms with Crippen LogP contribution in [0.1, 0.15) is 24.0 Å². The number of aryl methyl sites for hydroxylation is 1. The molecule has 5 nitrogen and oxygen atoms in total. The van der Waals surface area contributed by atoms with E-state index in [0.717, 1.165) is 49.9 Å². The highest BCUT2D eigenvalue weighted by atomic mass is 19.1. The predicted molar refractivity (Wildman–Crippen MR) is 154 cm³/mol. The molecule has 0 aliphatic carbocycles. The number of rotatable bonds is 7. The molecule has 0 saturated heterocycles. The maximum Gasteiger partial charge on any atom is 0.311 e. The van der Waals surface area contributed by atoms with Gasteiger partial charge in [-0.1, -0.05) is 48.5 Å². The number of hydrogen-bond acceptors (Lipinski definition) is 4. The van der Waals surface area contributed by atoms with E-state index in [1.807, 2.05) is 60.7 Å². The highest BCUT2D eigenvalue weighted by Gasteiger charge is 2.16. The molecule has 6 heteroatoms. The monoisotopic (exact) mass is 525 g/mol. The maximum atomic E-state index is 14.2. The van der Waals surface area contributed by atoms with E-state index in [4.69, 9.17) is 15.0 Å². The molecule has 0 fully saturated rings. The van der Waals surface area contributed by atoms with Crippen LogP contribution in [-0.4, -0.2) is 15.9 Å². The van der Waals surface area contributed by atoms with Crippen molar-refractivity contribution in [3.8, 4) is 34.3 Å². The Kier molecular flexibility index (Phi) is 6.78. The van der Waals surface area contributed by atoms with Gasteiger partial charge in [0, 0.05) is 22.7 Å². The molecule has 4 aromatic carbocycles. The molecular formula is C34H24FN3O2. The number of aromatic nitrogens is 2. The Labute approximate surface area is 230 Å². The number of carbonyl (C=O) groups excluding carboxylic acids is 1. The van der Waals surface area contributed by atoms with Crippen molar-refractivity contribution in [2.75, 3.05) is 0 Å². The Morgan fingerprint density at radius 1 is 0.900 bits per heavy atom. The second-order valence-electron chi connectivity index (χ2n) is 9.60. The summed E-state index contributed by atoms with van der Waals surface area (Å²) < 4.78 is 19.8. The lowest BCUT2D eigenvalue weighted by molar-refractivity contribution is -0.134. The SMILES string of the molecule is N#Cc1ccc(-c2ccc(OC(=O)CCCc3c(-c4ccc5ccccc5n4)[nH]c4ccc(F)cc34)cc2)cc1. The van der Waals surface area contributed by atoms with Gasteiger partial charge in [0.15, 0.2) is 0 Å². The lowest BCUT2D eigenvalue weighted by Crippen LogP contribution is -2.08. The van der Waals surface area contributed by atoms with Crippen molar-refractivity contribution in [3.05, 3.63) is 120 Å². The number of ether oxygens (including phenoxy) is 1. The van der Waals surface area contributed by atoms with Crippen molar-refractivity contribution >= 4 is 27.8 Å². The zero-order valence-corrected chi connectivity index (χ0v) is 21.5. The first-order valence-electron chi connectivity index (χ1n) is 13.0. The Hall–Kier alpha value is -5.28. The fraction of sp³-hybridized carbons (Fsp3) is 0.0882. The summed E-state index contributed by atoms with van der Waals surface area (Å²) in [4.78, 5) is 20.9. The number of esters is 1. The van der Waals surface area contributed by atoms with Crippen molar-refractivity contribution < 1.29 is 13.9 Å². The van der Waals surface area contributed by atoms with Gasteiger partial charge in [-0.2, -0.15) is 5.26 Å². The Morgan fingerprint density at radius 3 is 2.42 bits per heavy atom. The van der Waals surface area contributed by atoms with Crippen LogP contribution >= 0.6 is 0 Å². The molecule has 0 unspecified atom stereocenters. The molecule has 6 aromatic rings. The van der Waals surface area contributed by atoms with Crippen molar-refractivity contribution in [2.45, 2.75) is 19.3 Å². The molecule has 0 amide bonds. The van der Waals surface area contributed by atoms with E-state index in [1.165, 1.54) is 12.1 Å². The molecule has 194 valence electrons. The van der Waals surface area contributed by atoms with Gasteiger partial charge in [-0.05, 0) is 84.1 Å². The molecule has 0 aliphatic heterocycles. The standard InChI is InChI=1S/C34H24FN3O2/c35-26-15-19-31-29(20-26)28(34(38-31)32-18-14-25-4-1-2-6-30(25)37-32)5-3-7-33(39)40-27-16-12-24(13-17-27)23-10-8-22(21-36)9-11-23/h1-2,4,6,8-20,38H,3,5,7H2. The van der Waals surface area contributed by atoms with E-state index in [0.29, 0.717) is 24.2 Å². The fourth-order valence-corrected chi connectivity index (χ4v) is 4.95. The highest BCUT2D eigenvalue weighted by Crippen LogP contribution is 2.32. The van der Waals surface area contributed by atoms with Gasteiger partial charge in [-0.3, -0.25) is 4.79 Å². The Balaban J connectivity index is 1.16. The van der Waals surface area contributed by atoms with Gasteiger partial charge in [-0.15, -0.1) is 0 Å². The first-order chi connectivity index (χ1) is 19.6. The molecular weight excluding hydrogens is 501 g/mol. The van der Waals surface area contributed by atoms with Gasteiger partial charge in [0.25, 0.3) is 0 Å². The molecule has 6 rings (SSSR count). The lowest BCUT2D eigenvalue weighted by atomic mass is 10.0. The number of para-hydroxylation sites is 1. The zero-order chi connectivity index (χ0) is 27.5. The highest BCUT2D eigenvalue weighted by molar-refractivity contribution is 5.91. The lowest BCUT2D eigenvalue weighted by Gasteiger charge is -2.08. The van der Waals surface area contributed by atoms with Crippen LogP contribution in [0, 0.1) is 17.1 Å². The molecule has 0 atom stereocenters. The molecule has 2 aromatic heterocycles. The van der Waals surface area contributed by atoms with Crippen LogP contribution in [-0.2, 0) is 11.2 Å². The van der Waals surface area contributed by atoms with Gasteiger partial charge in [0.05, 0.1) is 28.5 Å². The normalized spacial score (nSPS) is 11.0. The number of halogens is 1. The first kappa shape index (κ1) is 25.0. The third-order valence-corrected chi connectivity index (χ3v) is 6.96. The third-order valence-electron chi connectivity index (χ3n) is 6.96. The first-order valence-corrected chi connectivity index (χ1v) is 13.0. The van der Waals surface area contributed by atoms with Gasteiger partial charge in [0.1, 0.15) is 11.6 Å². The second-order valence-corrected chi connectivity index (χ2v) is 9.60. The Morgan fingerprint density at radius 2 is 1.65 bits per heavy atom. The summed E-state index contributed by atoms with van der Waals surface area (Å²) in [6, 6.07) is 33.3. The van der Waals surface area contributed by atoms with Crippen molar-refractivity contribution in [1.82, 2.24) is 9.97 Å². The molecule has 0 saturated carbocycles. The molecule has 2 heterocycles. The van der Waals surface area contributed by atoms with Crippen molar-refractivity contribution in [3.63, 3.8) is 0 Å². The second kappa shape index (κ2) is 10.8. The van der Waals surface area contributed by atoms with Gasteiger partial charge >= 0.3 is 5.97 Å². The minimum atomic E-state index is -0.331. The van der Waals surface area contributed by atoms with Crippen LogP contribution in [0.2, 0.25) is 0 Å². The number of nitriles is 1. The average Bonchev–Trinajstić information content (AvgIpc) is 3.35. The summed E-state index contributed by atoms with van der Waals surface area (Å²) in [5, 5.41) is 10.8. The number of H-pyrrole nitrogens is 1. The maximum absolute atomic E-state index is 14.2. The number of pyridine rings is 1. The number of nitrogens with zero attached hydrogens (tertiary/aromatic N) is 2. The minimum absolute atomic E-state index is 0.212. The molecule has 40 heavy (non-hydrogen) atoms. The summed E-state index contributed by atoms with van der Waals surface area (Å²) in [6.07, 6.45) is 1.30. The molecule has 0 aliphatic rings. The number of hydrogen-bond donors (Lipinski definition) is 1. The van der Waals surface area contributed by atoms with E-state index < -0.39 is 0 Å². The quantitative estimate of drug-likeness (QED) is 0.169. The van der Waals surface area contributed by atoms with E-state index in [1.54, 1.807) is 30.3 Å². The number of aromatic amines is 1. The van der Waals surface area contributed by atoms with Crippen LogP contribution in [0.5, 0.6) is 5.75 Å². The van der Waals surface area contributed by atoms with Crippen LogP contribution < -0.4 is 4.74 Å². The van der Waals surface area contributed by atoms with Crippen molar-refractivity contribution in [2.24, 2.45) is 0 Å². The Bertz CT molecular complexity index is 1880. The number of benzene rings is 4. The summed E-state index contributed by atoms with van der Waals surface area (Å²) in [6.45, 7) is 0. The molecule has 0 bridgehead atoms. The van der Waals surface area contributed by atoms with E-state index in [-0.39, 0.29) is 18.2 Å². The minimum Gasteiger partial charge on any atom is -0.427 e. The van der Waals surface area contributed by atoms with E-state index >= 15 is 0 Å². The number of nitrogens with one attached hydrogen (secondary N) is 1. The van der Waals surface area contributed by atoms with Gasteiger partial charge in [0.2, 0.25) is 0 Å². The van der Waals surface area contributed by atoms with Gasteiger partial charge in [-0.25, -0.2) is 9.37 Å². The predicted octanol–water partition coefficient (Wildman–Crippen LogP) is 7.99. The van der Waals surface area contributed by atoms with Crippen LogP contribution in [0.25, 0.3) is 44.3 Å². The third kappa shape index (κ3) is 5.18. The van der Waals surface area contributed by atoms with Crippen LogP contribution in [0.3, 0.4) is 0 Å². The van der Waals surface area contributed by atoms with Gasteiger partial charge < -0.3 is 9.72 Å². The van der Waals surface area contributed by atoms with Crippen molar-refractivity contribution in [1.29, 1.82) is 5.26 Å². The molecule has 1 N–H and O–H groups in total. The van der Waals surface area contributed by atoms with Crippen LogP contribution in [0.4, 0.5) is 4.39 Å². The molecule has 0 spiro atoms. The topological polar surface area (TPSA) is 78.8 Å². The largest absolute Gasteiger partial charge is 0.427 e. The average molecular weight is 526 g/mol. The van der Waals surface area contributed by atoms with E-state index in [2.05, 4.69) is 11.1 Å².